The number of rotatable bonds is 2. The summed E-state index contributed by atoms with van der Waals surface area (Å²) in [6.07, 6.45) is 5.17. The number of hydrogen-bond acceptors (Lipinski definition) is 3. The molecule has 1 fully saturated rings. The number of aldehydes is 1. The highest BCUT2D eigenvalue weighted by atomic mass is 16.1. The maximum absolute atomic E-state index is 10.6. The van der Waals surface area contributed by atoms with E-state index >= 15 is 0 Å². The van der Waals surface area contributed by atoms with E-state index in [0.29, 0.717) is 5.56 Å². The minimum atomic E-state index is -0.418. The molecule has 0 aliphatic heterocycles. The van der Waals surface area contributed by atoms with Crippen molar-refractivity contribution >= 4 is 6.29 Å². The Bertz CT molecular complexity index is 402. The average Bonchev–Trinajstić information content (AvgIpc) is 2.18. The lowest BCUT2D eigenvalue weighted by Gasteiger charge is -2.34. The van der Waals surface area contributed by atoms with Crippen LogP contribution in [0.5, 0.6) is 0 Å². The summed E-state index contributed by atoms with van der Waals surface area (Å²) in [5.41, 5.74) is 0.923. The summed E-state index contributed by atoms with van der Waals surface area (Å²) in [5.74, 6) is 0. The zero-order valence-corrected chi connectivity index (χ0v) is 7.73. The number of nitrogens with zero attached hydrogens (tertiary/aromatic N) is 2. The largest absolute Gasteiger partial charge is 0.298 e. The van der Waals surface area contributed by atoms with E-state index < -0.39 is 5.41 Å². The van der Waals surface area contributed by atoms with Crippen LogP contribution >= 0.6 is 0 Å². The van der Waals surface area contributed by atoms with Crippen molar-refractivity contribution in [1.82, 2.24) is 4.98 Å². The monoisotopic (exact) mass is 186 g/mol. The average molecular weight is 186 g/mol. The topological polar surface area (TPSA) is 53.8 Å². The van der Waals surface area contributed by atoms with Gasteiger partial charge in [0.25, 0.3) is 0 Å². The first-order valence-electron chi connectivity index (χ1n) is 4.64. The van der Waals surface area contributed by atoms with Crippen molar-refractivity contribution in [2.45, 2.75) is 24.7 Å². The summed E-state index contributed by atoms with van der Waals surface area (Å²) in [4.78, 5) is 14.7. The molecule has 1 saturated carbocycles. The fourth-order valence-corrected chi connectivity index (χ4v) is 1.74. The predicted octanol–water partition coefficient (Wildman–Crippen LogP) is 1.84. The normalized spacial score (nSPS) is 17.9. The van der Waals surface area contributed by atoms with Gasteiger partial charge in [0.05, 0.1) is 17.2 Å². The molecule has 1 heterocycles. The zero-order chi connectivity index (χ0) is 10.0. The van der Waals surface area contributed by atoms with Gasteiger partial charge in [-0.25, -0.2) is 0 Å². The van der Waals surface area contributed by atoms with Crippen LogP contribution in [-0.2, 0) is 5.41 Å². The van der Waals surface area contributed by atoms with Gasteiger partial charge in [-0.05, 0) is 31.4 Å². The molecule has 3 heteroatoms. The third-order valence-electron chi connectivity index (χ3n) is 2.83. The van der Waals surface area contributed by atoms with E-state index in [4.69, 9.17) is 5.26 Å². The molecule has 70 valence electrons. The van der Waals surface area contributed by atoms with E-state index in [1.807, 2.05) is 0 Å². The van der Waals surface area contributed by atoms with E-state index in [-0.39, 0.29) is 0 Å². The minimum absolute atomic E-state index is 0.418. The van der Waals surface area contributed by atoms with Gasteiger partial charge in [0.2, 0.25) is 0 Å². The van der Waals surface area contributed by atoms with Gasteiger partial charge in [0.15, 0.2) is 0 Å². The maximum Gasteiger partial charge on any atom is 0.150 e. The molecule has 3 nitrogen and oxygen atoms in total. The van der Waals surface area contributed by atoms with Gasteiger partial charge in [-0.3, -0.25) is 9.78 Å². The van der Waals surface area contributed by atoms with Crippen LogP contribution in [0.4, 0.5) is 0 Å². The zero-order valence-electron chi connectivity index (χ0n) is 7.73. The molecule has 1 aliphatic rings. The van der Waals surface area contributed by atoms with Gasteiger partial charge in [0, 0.05) is 11.8 Å². The molecule has 14 heavy (non-hydrogen) atoms. The van der Waals surface area contributed by atoms with Crippen molar-refractivity contribution < 1.29 is 4.79 Å². The lowest BCUT2D eigenvalue weighted by Crippen LogP contribution is -2.33. The second-order valence-corrected chi connectivity index (χ2v) is 3.64. The summed E-state index contributed by atoms with van der Waals surface area (Å²) < 4.78 is 0. The molecule has 0 bridgehead atoms. The SMILES string of the molecule is N#CC1(c2cc(C=O)ccn2)CCC1. The smallest absolute Gasteiger partial charge is 0.150 e. The summed E-state index contributed by atoms with van der Waals surface area (Å²) in [6.45, 7) is 0. The van der Waals surface area contributed by atoms with Crippen LogP contribution in [0.3, 0.4) is 0 Å². The first kappa shape index (κ1) is 8.89. The highest BCUT2D eigenvalue weighted by Gasteiger charge is 2.40. The number of carbonyl (C=O) groups is 1. The van der Waals surface area contributed by atoms with E-state index in [1.165, 1.54) is 0 Å². The Labute approximate surface area is 82.4 Å². The number of carbonyl (C=O) groups excluding carboxylic acids is 1. The third-order valence-corrected chi connectivity index (χ3v) is 2.83. The standard InChI is InChI=1S/C11H10N2O/c12-8-11(3-1-4-11)10-6-9(7-14)2-5-13-10/h2,5-7H,1,3-4H2. The van der Waals surface area contributed by atoms with Crippen molar-refractivity contribution in [2.24, 2.45) is 0 Å². The molecule has 0 amide bonds. The van der Waals surface area contributed by atoms with Crippen molar-refractivity contribution in [3.05, 3.63) is 29.6 Å². The predicted molar refractivity (Wildman–Crippen MR) is 50.8 cm³/mol. The molecule has 1 aromatic heterocycles. The minimum Gasteiger partial charge on any atom is -0.298 e. The van der Waals surface area contributed by atoms with Crippen LogP contribution in [0.2, 0.25) is 0 Å². The Hall–Kier alpha value is -1.69. The van der Waals surface area contributed by atoms with Gasteiger partial charge in [-0.15, -0.1) is 0 Å². The number of pyridine rings is 1. The van der Waals surface area contributed by atoms with Gasteiger partial charge < -0.3 is 0 Å². The summed E-state index contributed by atoms with van der Waals surface area (Å²) >= 11 is 0. The van der Waals surface area contributed by atoms with Crippen molar-refractivity contribution in [3.8, 4) is 6.07 Å². The third kappa shape index (κ3) is 1.20. The van der Waals surface area contributed by atoms with Crippen LogP contribution < -0.4 is 0 Å². The Morgan fingerprint density at radius 2 is 2.36 bits per heavy atom. The van der Waals surface area contributed by atoms with Crippen molar-refractivity contribution in [1.29, 1.82) is 5.26 Å². The molecule has 0 atom stereocenters. The van der Waals surface area contributed by atoms with Crippen LogP contribution in [0.15, 0.2) is 18.3 Å². The van der Waals surface area contributed by atoms with E-state index in [0.717, 1.165) is 31.2 Å². The fraction of sp³-hybridized carbons (Fsp3) is 0.364. The molecule has 0 aromatic carbocycles. The van der Waals surface area contributed by atoms with Gasteiger partial charge in [0.1, 0.15) is 6.29 Å². The lowest BCUT2D eigenvalue weighted by atomic mass is 9.67. The number of hydrogen-bond donors (Lipinski definition) is 0. The van der Waals surface area contributed by atoms with Crippen molar-refractivity contribution in [3.63, 3.8) is 0 Å². The van der Waals surface area contributed by atoms with Gasteiger partial charge in [-0.1, -0.05) is 0 Å². The molecule has 2 rings (SSSR count). The van der Waals surface area contributed by atoms with E-state index in [2.05, 4.69) is 11.1 Å². The summed E-state index contributed by atoms with van der Waals surface area (Å²) in [5, 5.41) is 9.08. The second-order valence-electron chi connectivity index (χ2n) is 3.64. The second kappa shape index (κ2) is 3.22. The summed E-state index contributed by atoms with van der Waals surface area (Å²) in [6, 6.07) is 5.67. The molecule has 0 saturated heterocycles. The van der Waals surface area contributed by atoms with E-state index in [9.17, 15) is 4.79 Å². The lowest BCUT2D eigenvalue weighted by molar-refractivity contribution is 0.112. The molecule has 0 unspecified atom stereocenters. The molecular weight excluding hydrogens is 176 g/mol. The van der Waals surface area contributed by atoms with E-state index in [1.54, 1.807) is 18.3 Å². The van der Waals surface area contributed by atoms with Crippen LogP contribution in [0, 0.1) is 11.3 Å². The molecule has 1 aliphatic carbocycles. The molecule has 0 radical (unpaired) electrons. The Balaban J connectivity index is 2.41. The molecule has 1 aromatic rings. The van der Waals surface area contributed by atoms with Crippen LogP contribution in [-0.4, -0.2) is 11.3 Å². The van der Waals surface area contributed by atoms with Gasteiger partial charge >= 0.3 is 0 Å². The quantitative estimate of drug-likeness (QED) is 0.662. The maximum atomic E-state index is 10.6. The number of aromatic nitrogens is 1. The van der Waals surface area contributed by atoms with Crippen molar-refractivity contribution in [2.75, 3.05) is 0 Å². The number of nitriles is 1. The first-order chi connectivity index (χ1) is 6.80. The van der Waals surface area contributed by atoms with Crippen LogP contribution in [0.1, 0.15) is 35.3 Å². The Morgan fingerprint density at radius 3 is 2.86 bits per heavy atom. The summed E-state index contributed by atoms with van der Waals surface area (Å²) in [7, 11) is 0. The fourth-order valence-electron chi connectivity index (χ4n) is 1.74. The highest BCUT2D eigenvalue weighted by Crippen LogP contribution is 2.42. The highest BCUT2D eigenvalue weighted by molar-refractivity contribution is 5.74. The first-order valence-corrected chi connectivity index (χ1v) is 4.64. The van der Waals surface area contributed by atoms with Gasteiger partial charge in [-0.2, -0.15) is 5.26 Å². The Kier molecular flexibility index (Phi) is 2.05. The Morgan fingerprint density at radius 1 is 1.57 bits per heavy atom. The molecule has 0 N–H and O–H groups in total. The molecular formula is C11H10N2O. The van der Waals surface area contributed by atoms with Crippen LogP contribution in [0.25, 0.3) is 0 Å². The molecule has 0 spiro atoms.